The number of aryl methyl sites for hydroxylation is 2. The molecule has 0 bridgehead atoms. The lowest BCUT2D eigenvalue weighted by molar-refractivity contribution is 0.240. The van der Waals surface area contributed by atoms with Crippen molar-refractivity contribution in [3.8, 4) is 0 Å². The van der Waals surface area contributed by atoms with E-state index in [4.69, 9.17) is 4.98 Å². The van der Waals surface area contributed by atoms with Crippen molar-refractivity contribution in [1.82, 2.24) is 24.6 Å². The number of fused-ring (bicyclic) bond motifs is 1. The molecule has 0 aromatic carbocycles. The van der Waals surface area contributed by atoms with E-state index < -0.39 is 0 Å². The Balaban J connectivity index is 1.53. The van der Waals surface area contributed by atoms with E-state index in [1.807, 2.05) is 18.7 Å². The molecule has 0 atom stereocenters. The van der Waals surface area contributed by atoms with Crippen LogP contribution in [0.25, 0.3) is 0 Å². The molecule has 0 amide bonds. The molecule has 0 radical (unpaired) electrons. The number of hydrogen-bond donors (Lipinski definition) is 1. The SMILES string of the molecule is Cc1nn(C)cc1CN1CCc2nc(C3CCCCC3)[nH]c(=O)c2C1. The first-order valence-corrected chi connectivity index (χ1v) is 9.43. The van der Waals surface area contributed by atoms with Gasteiger partial charge < -0.3 is 4.98 Å². The largest absolute Gasteiger partial charge is 0.310 e. The maximum absolute atomic E-state index is 12.7. The third-order valence-electron chi connectivity index (χ3n) is 5.67. The smallest absolute Gasteiger partial charge is 0.255 e. The summed E-state index contributed by atoms with van der Waals surface area (Å²) in [6.45, 7) is 4.50. The minimum atomic E-state index is 0.0678. The Kier molecular flexibility index (Phi) is 4.46. The van der Waals surface area contributed by atoms with Crippen LogP contribution in [-0.4, -0.2) is 31.2 Å². The molecule has 1 N–H and O–H groups in total. The van der Waals surface area contributed by atoms with E-state index in [1.54, 1.807) is 0 Å². The van der Waals surface area contributed by atoms with E-state index in [-0.39, 0.29) is 5.56 Å². The maximum atomic E-state index is 12.7. The van der Waals surface area contributed by atoms with Gasteiger partial charge in [-0.2, -0.15) is 5.10 Å². The molecule has 0 spiro atoms. The van der Waals surface area contributed by atoms with Gasteiger partial charge in [-0.3, -0.25) is 14.4 Å². The van der Waals surface area contributed by atoms with Crippen LogP contribution in [0, 0.1) is 6.92 Å². The Morgan fingerprint density at radius 2 is 2.08 bits per heavy atom. The highest BCUT2D eigenvalue weighted by Crippen LogP contribution is 2.30. The Morgan fingerprint density at radius 1 is 1.28 bits per heavy atom. The predicted octanol–water partition coefficient (Wildman–Crippen LogP) is 2.42. The minimum absolute atomic E-state index is 0.0678. The normalized spacial score (nSPS) is 19.1. The number of rotatable bonds is 3. The quantitative estimate of drug-likeness (QED) is 0.931. The molecule has 2 aromatic heterocycles. The number of aromatic nitrogens is 4. The average Bonchev–Trinajstić information content (AvgIpc) is 2.93. The van der Waals surface area contributed by atoms with Gasteiger partial charge in [0.1, 0.15) is 5.82 Å². The van der Waals surface area contributed by atoms with Crippen LogP contribution < -0.4 is 5.56 Å². The number of aromatic amines is 1. The zero-order valence-electron chi connectivity index (χ0n) is 15.2. The van der Waals surface area contributed by atoms with Gasteiger partial charge in [-0.25, -0.2) is 4.98 Å². The number of hydrogen-bond acceptors (Lipinski definition) is 4. The highest BCUT2D eigenvalue weighted by molar-refractivity contribution is 5.23. The molecule has 0 saturated heterocycles. The van der Waals surface area contributed by atoms with Crippen LogP contribution in [0.5, 0.6) is 0 Å². The molecule has 3 heterocycles. The summed E-state index contributed by atoms with van der Waals surface area (Å²) in [5, 5.41) is 4.41. The first-order chi connectivity index (χ1) is 12.1. The molecule has 25 heavy (non-hydrogen) atoms. The molecule has 1 saturated carbocycles. The fourth-order valence-corrected chi connectivity index (χ4v) is 4.25. The zero-order chi connectivity index (χ0) is 17.4. The summed E-state index contributed by atoms with van der Waals surface area (Å²) in [5.74, 6) is 1.38. The molecule has 134 valence electrons. The molecule has 1 aliphatic carbocycles. The van der Waals surface area contributed by atoms with Crippen molar-refractivity contribution in [1.29, 1.82) is 0 Å². The first kappa shape index (κ1) is 16.5. The third kappa shape index (κ3) is 3.40. The Hall–Kier alpha value is -1.95. The summed E-state index contributed by atoms with van der Waals surface area (Å²) in [4.78, 5) is 22.9. The fourth-order valence-electron chi connectivity index (χ4n) is 4.25. The zero-order valence-corrected chi connectivity index (χ0v) is 15.2. The summed E-state index contributed by atoms with van der Waals surface area (Å²) < 4.78 is 1.85. The van der Waals surface area contributed by atoms with E-state index >= 15 is 0 Å². The van der Waals surface area contributed by atoms with E-state index in [9.17, 15) is 4.79 Å². The van der Waals surface area contributed by atoms with Gasteiger partial charge in [0.05, 0.1) is 17.0 Å². The van der Waals surface area contributed by atoms with Crippen molar-refractivity contribution in [2.24, 2.45) is 7.05 Å². The van der Waals surface area contributed by atoms with Gasteiger partial charge in [0.2, 0.25) is 0 Å². The molecular formula is C19H27N5O. The summed E-state index contributed by atoms with van der Waals surface area (Å²) >= 11 is 0. The third-order valence-corrected chi connectivity index (χ3v) is 5.67. The lowest BCUT2D eigenvalue weighted by atomic mass is 9.88. The van der Waals surface area contributed by atoms with Crippen molar-refractivity contribution >= 4 is 0 Å². The Labute approximate surface area is 148 Å². The van der Waals surface area contributed by atoms with Crippen molar-refractivity contribution in [2.45, 2.75) is 64.5 Å². The van der Waals surface area contributed by atoms with Gasteiger partial charge in [0, 0.05) is 50.8 Å². The summed E-state index contributed by atoms with van der Waals surface area (Å²) in [6.07, 6.45) is 9.07. The number of nitrogens with zero attached hydrogens (tertiary/aromatic N) is 4. The molecule has 0 unspecified atom stereocenters. The fraction of sp³-hybridized carbons (Fsp3) is 0.632. The lowest BCUT2D eigenvalue weighted by Crippen LogP contribution is -2.36. The van der Waals surface area contributed by atoms with Crippen LogP contribution in [-0.2, 0) is 26.6 Å². The number of nitrogens with one attached hydrogen (secondary N) is 1. The molecule has 1 aliphatic heterocycles. The van der Waals surface area contributed by atoms with E-state index in [2.05, 4.69) is 21.2 Å². The highest BCUT2D eigenvalue weighted by atomic mass is 16.1. The summed E-state index contributed by atoms with van der Waals surface area (Å²) in [6, 6.07) is 0. The minimum Gasteiger partial charge on any atom is -0.310 e. The van der Waals surface area contributed by atoms with Crippen LogP contribution >= 0.6 is 0 Å². The average molecular weight is 341 g/mol. The standard InChI is InChI=1S/C19H27N5O/c1-13-15(10-23(2)22-13)11-24-9-8-17-16(12-24)19(25)21-18(20-17)14-6-4-3-5-7-14/h10,14H,3-9,11-12H2,1-2H3,(H,20,21,25). The monoisotopic (exact) mass is 341 g/mol. The maximum Gasteiger partial charge on any atom is 0.255 e. The van der Waals surface area contributed by atoms with Gasteiger partial charge in [-0.1, -0.05) is 19.3 Å². The second kappa shape index (κ2) is 6.75. The summed E-state index contributed by atoms with van der Waals surface area (Å²) in [7, 11) is 1.95. The van der Waals surface area contributed by atoms with Crippen molar-refractivity contribution in [2.75, 3.05) is 6.54 Å². The number of H-pyrrole nitrogens is 1. The topological polar surface area (TPSA) is 66.8 Å². The predicted molar refractivity (Wildman–Crippen MR) is 96.4 cm³/mol. The Bertz CT molecular complexity index is 816. The van der Waals surface area contributed by atoms with Crippen LogP contribution in [0.15, 0.2) is 11.0 Å². The van der Waals surface area contributed by atoms with E-state index in [0.29, 0.717) is 12.5 Å². The van der Waals surface area contributed by atoms with Crippen LogP contribution in [0.2, 0.25) is 0 Å². The van der Waals surface area contributed by atoms with Crippen molar-refractivity contribution < 1.29 is 0 Å². The molecular weight excluding hydrogens is 314 g/mol. The second-order valence-electron chi connectivity index (χ2n) is 7.59. The van der Waals surface area contributed by atoms with Gasteiger partial charge >= 0.3 is 0 Å². The van der Waals surface area contributed by atoms with Crippen LogP contribution in [0.3, 0.4) is 0 Å². The van der Waals surface area contributed by atoms with Crippen molar-refractivity contribution in [3.05, 3.63) is 44.9 Å². The van der Waals surface area contributed by atoms with E-state index in [1.165, 1.54) is 24.8 Å². The van der Waals surface area contributed by atoms with Gasteiger partial charge in [0.15, 0.2) is 0 Å². The molecule has 2 aromatic rings. The van der Waals surface area contributed by atoms with Crippen LogP contribution in [0.4, 0.5) is 0 Å². The van der Waals surface area contributed by atoms with E-state index in [0.717, 1.165) is 55.1 Å². The van der Waals surface area contributed by atoms with Crippen molar-refractivity contribution in [3.63, 3.8) is 0 Å². The lowest BCUT2D eigenvalue weighted by Gasteiger charge is -2.28. The highest BCUT2D eigenvalue weighted by Gasteiger charge is 2.25. The summed E-state index contributed by atoms with van der Waals surface area (Å²) in [5.41, 5.74) is 4.23. The van der Waals surface area contributed by atoms with Gasteiger partial charge in [-0.05, 0) is 19.8 Å². The Morgan fingerprint density at radius 3 is 2.80 bits per heavy atom. The van der Waals surface area contributed by atoms with Gasteiger partial charge in [-0.15, -0.1) is 0 Å². The molecule has 6 heteroatoms. The molecule has 2 aliphatic rings. The molecule has 6 nitrogen and oxygen atoms in total. The first-order valence-electron chi connectivity index (χ1n) is 9.43. The second-order valence-corrected chi connectivity index (χ2v) is 7.59. The van der Waals surface area contributed by atoms with Gasteiger partial charge in [0.25, 0.3) is 5.56 Å². The van der Waals surface area contributed by atoms with Crippen LogP contribution in [0.1, 0.15) is 66.4 Å². The molecule has 4 rings (SSSR count). The molecule has 1 fully saturated rings.